The number of aliphatic imine (C=N–C) groups is 1. The van der Waals surface area contributed by atoms with E-state index in [-0.39, 0.29) is 5.12 Å². The van der Waals surface area contributed by atoms with Crippen molar-refractivity contribution in [2.24, 2.45) is 4.99 Å². The Morgan fingerprint density at radius 1 is 1.41 bits per heavy atom. The molecular weight excluding hydrogens is 258 g/mol. The molecule has 1 aliphatic heterocycles. The molecule has 0 aromatic heterocycles. The molecule has 0 unspecified atom stereocenters. The van der Waals surface area contributed by atoms with Crippen LogP contribution in [0.1, 0.15) is 12.5 Å². The number of carbonyl (C=O) groups is 1. The molecule has 0 amide bonds. The van der Waals surface area contributed by atoms with Gasteiger partial charge < -0.3 is 4.74 Å². The number of thioether (sulfide) groups is 1. The van der Waals surface area contributed by atoms with Gasteiger partial charge in [-0.15, -0.1) is 0 Å². The van der Waals surface area contributed by atoms with E-state index >= 15 is 0 Å². The monoisotopic (exact) mass is 267 g/mol. The maximum Gasteiger partial charge on any atom is 0.259 e. The second-order valence-corrected chi connectivity index (χ2v) is 4.64. The maximum atomic E-state index is 11.6. The minimum atomic E-state index is -0.0941. The van der Waals surface area contributed by atoms with Crippen LogP contribution >= 0.6 is 23.4 Å². The first-order valence-corrected chi connectivity index (χ1v) is 6.29. The molecule has 1 aliphatic rings. The van der Waals surface area contributed by atoms with Gasteiger partial charge in [-0.3, -0.25) is 4.79 Å². The predicted molar refractivity (Wildman–Crippen MR) is 71.1 cm³/mol. The molecule has 2 rings (SSSR count). The van der Waals surface area contributed by atoms with E-state index in [4.69, 9.17) is 16.3 Å². The van der Waals surface area contributed by atoms with E-state index in [2.05, 4.69) is 4.99 Å². The Morgan fingerprint density at radius 2 is 2.12 bits per heavy atom. The lowest BCUT2D eigenvalue weighted by molar-refractivity contribution is -0.107. The summed E-state index contributed by atoms with van der Waals surface area (Å²) in [6.07, 6.45) is 1.72. The second-order valence-electron chi connectivity index (χ2n) is 3.28. The highest BCUT2D eigenvalue weighted by molar-refractivity contribution is 8.26. The van der Waals surface area contributed by atoms with Gasteiger partial charge in [0.2, 0.25) is 5.12 Å². The molecule has 0 fully saturated rings. The summed E-state index contributed by atoms with van der Waals surface area (Å²) in [5.41, 5.74) is 1.29. The van der Waals surface area contributed by atoms with Crippen LogP contribution in [-0.4, -0.2) is 17.0 Å². The van der Waals surface area contributed by atoms with Crippen LogP contribution in [0.15, 0.2) is 35.0 Å². The summed E-state index contributed by atoms with van der Waals surface area (Å²) >= 11 is 6.80. The topological polar surface area (TPSA) is 38.7 Å². The zero-order valence-corrected chi connectivity index (χ0v) is 10.7. The second kappa shape index (κ2) is 5.38. The molecule has 0 radical (unpaired) electrons. The number of benzene rings is 1. The Bertz CT molecular complexity index is 494. The van der Waals surface area contributed by atoms with Crippen molar-refractivity contribution in [3.63, 3.8) is 0 Å². The molecule has 0 atom stereocenters. The van der Waals surface area contributed by atoms with Crippen molar-refractivity contribution in [2.45, 2.75) is 6.92 Å². The van der Waals surface area contributed by atoms with Crippen molar-refractivity contribution in [3.8, 4) is 0 Å². The zero-order chi connectivity index (χ0) is 12.3. The van der Waals surface area contributed by atoms with E-state index in [0.717, 1.165) is 17.3 Å². The summed E-state index contributed by atoms with van der Waals surface area (Å²) < 4.78 is 5.19. The van der Waals surface area contributed by atoms with Crippen LogP contribution in [0.3, 0.4) is 0 Å². The van der Waals surface area contributed by atoms with E-state index < -0.39 is 0 Å². The largest absolute Gasteiger partial charge is 0.473 e. The minimum absolute atomic E-state index is 0.0941. The van der Waals surface area contributed by atoms with Crippen molar-refractivity contribution in [2.75, 3.05) is 6.61 Å². The van der Waals surface area contributed by atoms with Crippen LogP contribution in [0, 0.1) is 0 Å². The SMILES string of the molecule is CCOC1=NC(=Cc2ccc(Cl)cc2)C(=O)S1. The van der Waals surface area contributed by atoms with Crippen LogP contribution < -0.4 is 0 Å². The molecule has 1 aromatic rings. The van der Waals surface area contributed by atoms with E-state index in [1.54, 1.807) is 18.2 Å². The van der Waals surface area contributed by atoms with Crippen molar-refractivity contribution in [1.82, 2.24) is 0 Å². The van der Waals surface area contributed by atoms with Gasteiger partial charge in [0.25, 0.3) is 5.23 Å². The number of rotatable bonds is 2. The van der Waals surface area contributed by atoms with Crippen LogP contribution in [-0.2, 0) is 9.53 Å². The summed E-state index contributed by atoms with van der Waals surface area (Å²) in [6.45, 7) is 2.36. The van der Waals surface area contributed by atoms with E-state index in [0.29, 0.717) is 22.6 Å². The van der Waals surface area contributed by atoms with Gasteiger partial charge in [0, 0.05) is 16.8 Å². The van der Waals surface area contributed by atoms with Crippen molar-refractivity contribution in [3.05, 3.63) is 40.5 Å². The highest BCUT2D eigenvalue weighted by atomic mass is 35.5. The number of hydrogen-bond donors (Lipinski definition) is 0. The normalized spacial score (nSPS) is 17.4. The van der Waals surface area contributed by atoms with Crippen LogP contribution in [0.2, 0.25) is 5.02 Å². The lowest BCUT2D eigenvalue weighted by Crippen LogP contribution is -1.95. The van der Waals surface area contributed by atoms with Crippen molar-refractivity contribution < 1.29 is 9.53 Å². The number of halogens is 1. The molecule has 3 nitrogen and oxygen atoms in total. The first-order valence-electron chi connectivity index (χ1n) is 5.10. The quantitative estimate of drug-likeness (QED) is 0.772. The summed E-state index contributed by atoms with van der Waals surface area (Å²) in [6, 6.07) is 7.21. The highest BCUT2D eigenvalue weighted by Gasteiger charge is 2.22. The fourth-order valence-corrected chi connectivity index (χ4v) is 2.11. The lowest BCUT2D eigenvalue weighted by Gasteiger charge is -1.95. The predicted octanol–water partition coefficient (Wildman–Crippen LogP) is 3.35. The number of nitrogens with zero attached hydrogens (tertiary/aromatic N) is 1. The van der Waals surface area contributed by atoms with E-state index in [1.807, 2.05) is 19.1 Å². The summed E-state index contributed by atoms with van der Waals surface area (Å²) in [5.74, 6) is 0. The fourth-order valence-electron chi connectivity index (χ4n) is 1.29. The third-order valence-corrected chi connectivity index (χ3v) is 3.07. The minimum Gasteiger partial charge on any atom is -0.473 e. The fraction of sp³-hybridized carbons (Fsp3) is 0.167. The van der Waals surface area contributed by atoms with Crippen molar-refractivity contribution >= 4 is 39.8 Å². The molecule has 17 heavy (non-hydrogen) atoms. The Labute approximate surface area is 109 Å². The Balaban J connectivity index is 2.22. The van der Waals surface area contributed by atoms with Gasteiger partial charge in [-0.25, -0.2) is 4.99 Å². The third kappa shape index (κ3) is 3.11. The summed E-state index contributed by atoms with van der Waals surface area (Å²) in [5, 5.41) is 0.985. The van der Waals surface area contributed by atoms with Gasteiger partial charge in [-0.2, -0.15) is 0 Å². The van der Waals surface area contributed by atoms with E-state index in [1.165, 1.54) is 0 Å². The van der Waals surface area contributed by atoms with Gasteiger partial charge in [0.1, 0.15) is 5.70 Å². The first kappa shape index (κ1) is 12.2. The van der Waals surface area contributed by atoms with Crippen LogP contribution in [0.25, 0.3) is 6.08 Å². The molecule has 1 aromatic carbocycles. The molecule has 1 heterocycles. The highest BCUT2D eigenvalue weighted by Crippen LogP contribution is 2.26. The van der Waals surface area contributed by atoms with Gasteiger partial charge in [-0.1, -0.05) is 23.7 Å². The zero-order valence-electron chi connectivity index (χ0n) is 9.14. The average Bonchev–Trinajstić information content (AvgIpc) is 2.63. The molecule has 0 spiro atoms. The number of hydrogen-bond acceptors (Lipinski definition) is 4. The number of ether oxygens (including phenoxy) is 1. The Kier molecular flexibility index (Phi) is 3.86. The number of carbonyl (C=O) groups excluding carboxylic acids is 1. The molecular formula is C12H10ClNO2S. The third-order valence-electron chi connectivity index (χ3n) is 2.04. The average molecular weight is 268 g/mol. The first-order chi connectivity index (χ1) is 8.19. The van der Waals surface area contributed by atoms with Gasteiger partial charge >= 0.3 is 0 Å². The van der Waals surface area contributed by atoms with Crippen LogP contribution in [0.4, 0.5) is 0 Å². The maximum absolute atomic E-state index is 11.6. The van der Waals surface area contributed by atoms with E-state index in [9.17, 15) is 4.79 Å². The Hall–Kier alpha value is -1.26. The summed E-state index contributed by atoms with van der Waals surface area (Å²) in [4.78, 5) is 15.7. The van der Waals surface area contributed by atoms with Gasteiger partial charge in [0.15, 0.2) is 0 Å². The molecule has 0 aliphatic carbocycles. The van der Waals surface area contributed by atoms with Gasteiger partial charge in [0.05, 0.1) is 6.61 Å². The lowest BCUT2D eigenvalue weighted by atomic mass is 10.2. The summed E-state index contributed by atoms with van der Waals surface area (Å²) in [7, 11) is 0. The Morgan fingerprint density at radius 3 is 2.76 bits per heavy atom. The van der Waals surface area contributed by atoms with Crippen molar-refractivity contribution in [1.29, 1.82) is 0 Å². The molecule has 0 bridgehead atoms. The molecule has 0 saturated heterocycles. The van der Waals surface area contributed by atoms with Crippen LogP contribution in [0.5, 0.6) is 0 Å². The van der Waals surface area contributed by atoms with Gasteiger partial charge in [-0.05, 0) is 30.7 Å². The standard InChI is InChI=1S/C12H10ClNO2S/c1-2-16-12-14-10(11(15)17-12)7-8-3-5-9(13)6-4-8/h3-7H,2H2,1H3. The molecule has 0 saturated carbocycles. The smallest absolute Gasteiger partial charge is 0.259 e. The molecule has 5 heteroatoms. The molecule has 88 valence electrons. The molecule has 0 N–H and O–H groups in total.